The molecule has 1 aromatic heterocycles. The van der Waals surface area contributed by atoms with Gasteiger partial charge in [0.2, 0.25) is 0 Å². The molecule has 1 aromatic carbocycles. The second-order valence-electron chi connectivity index (χ2n) is 4.11. The predicted octanol–water partition coefficient (Wildman–Crippen LogP) is 1.38. The lowest BCUT2D eigenvalue weighted by atomic mass is 10.3. The Balaban J connectivity index is 2.28. The van der Waals surface area contributed by atoms with Crippen LogP contribution in [0.5, 0.6) is 0 Å². The van der Waals surface area contributed by atoms with Gasteiger partial charge in [-0.25, -0.2) is 13.4 Å². The van der Waals surface area contributed by atoms with Gasteiger partial charge < -0.3 is 9.73 Å². The van der Waals surface area contributed by atoms with Crippen LogP contribution in [0.15, 0.2) is 27.5 Å². The average Bonchev–Trinajstić information content (AvgIpc) is 2.69. The second kappa shape index (κ2) is 5.07. The van der Waals surface area contributed by atoms with Crippen LogP contribution in [0, 0.1) is 0 Å². The first-order chi connectivity index (χ1) is 8.50. The summed E-state index contributed by atoms with van der Waals surface area (Å²) in [6.45, 7) is 3.73. The van der Waals surface area contributed by atoms with Crippen LogP contribution < -0.4 is 5.32 Å². The Hall–Kier alpha value is -1.40. The molecule has 1 heterocycles. The number of oxazole rings is 1. The van der Waals surface area contributed by atoms with Crippen molar-refractivity contribution in [3.8, 4) is 0 Å². The summed E-state index contributed by atoms with van der Waals surface area (Å²) in [4.78, 5) is 4.55. The molecule has 0 unspecified atom stereocenters. The molecule has 0 spiro atoms. The molecule has 0 amide bonds. The van der Waals surface area contributed by atoms with E-state index in [4.69, 9.17) is 4.42 Å². The van der Waals surface area contributed by atoms with E-state index in [9.17, 15) is 8.42 Å². The molecule has 0 fully saturated rings. The van der Waals surface area contributed by atoms with E-state index in [-0.39, 0.29) is 4.90 Å². The van der Waals surface area contributed by atoms with E-state index < -0.39 is 9.84 Å². The van der Waals surface area contributed by atoms with Crippen LogP contribution in [0.3, 0.4) is 0 Å². The molecular weight excluding hydrogens is 252 g/mol. The van der Waals surface area contributed by atoms with Crippen LogP contribution >= 0.6 is 0 Å². The minimum absolute atomic E-state index is 0.265. The third-order valence-corrected chi connectivity index (χ3v) is 3.71. The van der Waals surface area contributed by atoms with E-state index in [1.54, 1.807) is 12.1 Å². The molecule has 0 atom stereocenters. The number of likely N-dealkylation sites (N-methyl/N-ethyl adjacent to an activating group) is 1. The van der Waals surface area contributed by atoms with Crippen molar-refractivity contribution in [2.75, 3.05) is 19.3 Å². The summed E-state index contributed by atoms with van der Waals surface area (Å²) in [5.74, 6) is 0.622. The summed E-state index contributed by atoms with van der Waals surface area (Å²) in [5.41, 5.74) is 1.21. The lowest BCUT2D eigenvalue weighted by Crippen LogP contribution is -2.16. The molecule has 0 saturated carbocycles. The Labute approximate surface area is 106 Å². The Morgan fingerprint density at radius 1 is 1.39 bits per heavy atom. The Kier molecular flexibility index (Phi) is 3.68. The maximum absolute atomic E-state index is 11.4. The van der Waals surface area contributed by atoms with Gasteiger partial charge in [0.15, 0.2) is 21.3 Å². The second-order valence-corrected chi connectivity index (χ2v) is 6.13. The van der Waals surface area contributed by atoms with Gasteiger partial charge in [0.25, 0.3) is 0 Å². The maximum Gasteiger partial charge on any atom is 0.196 e. The summed E-state index contributed by atoms with van der Waals surface area (Å²) in [5, 5.41) is 3.18. The number of benzene rings is 1. The number of rotatable bonds is 5. The highest BCUT2D eigenvalue weighted by molar-refractivity contribution is 7.90. The molecule has 0 saturated heterocycles. The molecule has 18 heavy (non-hydrogen) atoms. The molecule has 0 aliphatic heterocycles. The molecule has 2 aromatic rings. The van der Waals surface area contributed by atoms with Crippen LogP contribution in [-0.4, -0.2) is 32.7 Å². The summed E-state index contributed by atoms with van der Waals surface area (Å²) < 4.78 is 28.4. The zero-order valence-corrected chi connectivity index (χ0v) is 11.3. The average molecular weight is 268 g/mol. The summed E-state index contributed by atoms with van der Waals surface area (Å²) in [7, 11) is -3.20. The van der Waals surface area contributed by atoms with E-state index in [2.05, 4.69) is 10.3 Å². The largest absolute Gasteiger partial charge is 0.441 e. The first kappa shape index (κ1) is 13.0. The van der Waals surface area contributed by atoms with E-state index >= 15 is 0 Å². The van der Waals surface area contributed by atoms with Gasteiger partial charge in [-0.2, -0.15) is 0 Å². The molecule has 2 rings (SSSR count). The summed E-state index contributed by atoms with van der Waals surface area (Å²) >= 11 is 0. The molecule has 0 radical (unpaired) electrons. The highest BCUT2D eigenvalue weighted by atomic mass is 32.2. The monoisotopic (exact) mass is 268 g/mol. The van der Waals surface area contributed by atoms with Gasteiger partial charge in [0.1, 0.15) is 5.52 Å². The third-order valence-electron chi connectivity index (χ3n) is 2.60. The molecule has 0 bridgehead atoms. The van der Waals surface area contributed by atoms with Gasteiger partial charge in [0, 0.05) is 19.2 Å². The van der Waals surface area contributed by atoms with E-state index in [1.807, 2.05) is 6.92 Å². The number of nitrogens with zero attached hydrogens (tertiary/aromatic N) is 1. The zero-order valence-electron chi connectivity index (χ0n) is 10.4. The molecule has 1 N–H and O–H groups in total. The van der Waals surface area contributed by atoms with Gasteiger partial charge in [-0.05, 0) is 24.7 Å². The maximum atomic E-state index is 11.4. The van der Waals surface area contributed by atoms with E-state index in [1.165, 1.54) is 12.3 Å². The van der Waals surface area contributed by atoms with Crippen LogP contribution in [-0.2, 0) is 16.3 Å². The van der Waals surface area contributed by atoms with Gasteiger partial charge in [-0.15, -0.1) is 0 Å². The molecule has 0 aliphatic carbocycles. The van der Waals surface area contributed by atoms with Crippen molar-refractivity contribution in [1.29, 1.82) is 0 Å². The van der Waals surface area contributed by atoms with Gasteiger partial charge >= 0.3 is 0 Å². The predicted molar refractivity (Wildman–Crippen MR) is 69.4 cm³/mol. The lowest BCUT2D eigenvalue weighted by molar-refractivity contribution is 0.517. The first-order valence-corrected chi connectivity index (χ1v) is 7.70. The third kappa shape index (κ3) is 2.88. The van der Waals surface area contributed by atoms with Gasteiger partial charge in [-0.1, -0.05) is 6.92 Å². The van der Waals surface area contributed by atoms with Crippen molar-refractivity contribution in [3.63, 3.8) is 0 Å². The Morgan fingerprint density at radius 2 is 2.17 bits per heavy atom. The first-order valence-electron chi connectivity index (χ1n) is 5.81. The molecule has 98 valence electrons. The SMILES string of the molecule is CCNCCc1nc2cc(S(C)(=O)=O)ccc2o1. The number of fused-ring (bicyclic) bond motifs is 1. The van der Waals surface area contributed by atoms with E-state index in [0.29, 0.717) is 23.4 Å². The molecule has 6 heteroatoms. The number of hydrogen-bond donors (Lipinski definition) is 1. The van der Waals surface area contributed by atoms with Crippen LogP contribution in [0.4, 0.5) is 0 Å². The topological polar surface area (TPSA) is 72.2 Å². The Morgan fingerprint density at radius 3 is 2.83 bits per heavy atom. The molecule has 5 nitrogen and oxygen atoms in total. The van der Waals surface area contributed by atoms with Gasteiger partial charge in [-0.3, -0.25) is 0 Å². The summed E-state index contributed by atoms with van der Waals surface area (Å²) in [6, 6.07) is 4.73. The fourth-order valence-corrected chi connectivity index (χ4v) is 2.31. The minimum Gasteiger partial charge on any atom is -0.441 e. The fraction of sp³-hybridized carbons (Fsp3) is 0.417. The smallest absolute Gasteiger partial charge is 0.196 e. The van der Waals surface area contributed by atoms with Crippen LogP contribution in [0.25, 0.3) is 11.1 Å². The van der Waals surface area contributed by atoms with Crippen molar-refractivity contribution < 1.29 is 12.8 Å². The standard InChI is InChI=1S/C12H16N2O3S/c1-3-13-7-6-12-14-10-8-9(18(2,15)16)4-5-11(10)17-12/h4-5,8,13H,3,6-7H2,1-2H3. The molecule has 0 aliphatic rings. The van der Waals surface area contributed by atoms with E-state index in [0.717, 1.165) is 13.1 Å². The fourth-order valence-electron chi connectivity index (χ4n) is 1.66. The lowest BCUT2D eigenvalue weighted by Gasteiger charge is -1.95. The highest BCUT2D eigenvalue weighted by Crippen LogP contribution is 2.20. The number of hydrogen-bond acceptors (Lipinski definition) is 5. The van der Waals surface area contributed by atoms with Crippen molar-refractivity contribution >= 4 is 20.9 Å². The van der Waals surface area contributed by atoms with Crippen LogP contribution in [0.1, 0.15) is 12.8 Å². The number of sulfone groups is 1. The van der Waals surface area contributed by atoms with Crippen LogP contribution in [0.2, 0.25) is 0 Å². The normalized spacial score (nSPS) is 12.1. The Bertz CT molecular complexity index is 646. The summed E-state index contributed by atoms with van der Waals surface area (Å²) in [6.07, 6.45) is 1.87. The van der Waals surface area contributed by atoms with Crippen molar-refractivity contribution in [3.05, 3.63) is 24.1 Å². The quantitative estimate of drug-likeness (QED) is 0.829. The number of aromatic nitrogens is 1. The van der Waals surface area contributed by atoms with Gasteiger partial charge in [0.05, 0.1) is 4.90 Å². The van der Waals surface area contributed by atoms with Crippen molar-refractivity contribution in [2.24, 2.45) is 0 Å². The zero-order chi connectivity index (χ0) is 13.2. The number of nitrogens with one attached hydrogen (secondary N) is 1. The minimum atomic E-state index is -3.20. The molecular formula is C12H16N2O3S. The van der Waals surface area contributed by atoms with Crippen molar-refractivity contribution in [2.45, 2.75) is 18.2 Å². The van der Waals surface area contributed by atoms with Crippen molar-refractivity contribution in [1.82, 2.24) is 10.3 Å². The highest BCUT2D eigenvalue weighted by Gasteiger charge is 2.11.